The van der Waals surface area contributed by atoms with Gasteiger partial charge in [0.05, 0.1) is 0 Å². The Morgan fingerprint density at radius 3 is 1.67 bits per heavy atom. The van der Waals surface area contributed by atoms with Crippen LogP contribution in [-0.2, 0) is 0 Å². The van der Waals surface area contributed by atoms with Gasteiger partial charge in [-0.1, -0.05) is 27.2 Å². The highest BCUT2D eigenvalue weighted by molar-refractivity contribution is 4.74. The second kappa shape index (κ2) is 8.08. The molecule has 0 radical (unpaired) electrons. The maximum atomic E-state index is 8.77. The molecule has 0 aromatic rings. The molecule has 0 spiro atoms. The molecule has 0 saturated carbocycles. The Labute approximate surface area is 94.9 Å². The van der Waals surface area contributed by atoms with E-state index in [1.165, 1.54) is 6.42 Å². The minimum atomic E-state index is -0.134. The molecule has 0 fully saturated rings. The van der Waals surface area contributed by atoms with Crippen LogP contribution in [0.3, 0.4) is 0 Å². The van der Waals surface area contributed by atoms with Crippen LogP contribution in [0.4, 0.5) is 0 Å². The van der Waals surface area contributed by atoms with Crippen molar-refractivity contribution in [3.63, 3.8) is 0 Å². The molecule has 0 bridgehead atoms. The maximum Gasteiger partial charge on any atom is 0.0402 e. The van der Waals surface area contributed by atoms with Gasteiger partial charge in [-0.25, -0.2) is 5.48 Å². The van der Waals surface area contributed by atoms with Crippen molar-refractivity contribution in [1.29, 1.82) is 0 Å². The molecule has 0 rings (SSSR count). The number of aliphatic hydroxyl groups excluding tert-OH is 1. The first-order valence-corrected chi connectivity index (χ1v) is 5.70. The third kappa shape index (κ3) is 16.5. The van der Waals surface area contributed by atoms with E-state index in [0.29, 0.717) is 5.41 Å². The second-order valence-corrected chi connectivity index (χ2v) is 5.73. The van der Waals surface area contributed by atoms with Gasteiger partial charge in [0.1, 0.15) is 0 Å². The number of hydrogen-bond acceptors (Lipinski definition) is 3. The standard InChI is InChI=1S/C10H23NO.C2H6O/c1-9(2,3)7-6-8-10(4,5)11-12;1-2-3/h11-12H,6-8H2,1-5H3;3H,2H2,1H3. The highest BCUT2D eigenvalue weighted by Crippen LogP contribution is 2.24. The maximum absolute atomic E-state index is 8.77. The zero-order chi connectivity index (χ0) is 12.5. The van der Waals surface area contributed by atoms with E-state index < -0.39 is 0 Å². The smallest absolute Gasteiger partial charge is 0.0402 e. The summed E-state index contributed by atoms with van der Waals surface area (Å²) >= 11 is 0. The fourth-order valence-corrected chi connectivity index (χ4v) is 1.12. The van der Waals surface area contributed by atoms with Crippen LogP contribution in [0.5, 0.6) is 0 Å². The molecule has 0 amide bonds. The number of rotatable bonds is 4. The van der Waals surface area contributed by atoms with Crippen LogP contribution >= 0.6 is 0 Å². The lowest BCUT2D eigenvalue weighted by molar-refractivity contribution is 0.0733. The Hall–Kier alpha value is -0.120. The van der Waals surface area contributed by atoms with Crippen LogP contribution in [0.1, 0.15) is 60.8 Å². The van der Waals surface area contributed by atoms with E-state index in [1.54, 1.807) is 6.92 Å². The zero-order valence-corrected chi connectivity index (χ0v) is 11.2. The quantitative estimate of drug-likeness (QED) is 0.637. The Balaban J connectivity index is 0. The van der Waals surface area contributed by atoms with Crippen molar-refractivity contribution in [1.82, 2.24) is 5.48 Å². The van der Waals surface area contributed by atoms with Gasteiger partial charge in [-0.15, -0.1) is 0 Å². The van der Waals surface area contributed by atoms with Gasteiger partial charge in [-0.2, -0.15) is 0 Å². The molecule has 0 unspecified atom stereocenters. The molecule has 3 heteroatoms. The Morgan fingerprint density at radius 1 is 1.00 bits per heavy atom. The molecule has 0 aliphatic heterocycles. The summed E-state index contributed by atoms with van der Waals surface area (Å²) in [6.07, 6.45) is 3.38. The molecule has 94 valence electrons. The Morgan fingerprint density at radius 2 is 1.40 bits per heavy atom. The lowest BCUT2D eigenvalue weighted by Gasteiger charge is -2.25. The lowest BCUT2D eigenvalue weighted by atomic mass is 9.87. The van der Waals surface area contributed by atoms with Crippen LogP contribution in [0.25, 0.3) is 0 Å². The van der Waals surface area contributed by atoms with Crippen LogP contribution < -0.4 is 5.48 Å². The van der Waals surface area contributed by atoms with E-state index in [1.807, 2.05) is 13.8 Å². The Kier molecular flexibility index (Phi) is 9.31. The van der Waals surface area contributed by atoms with Crippen LogP contribution in [0.2, 0.25) is 0 Å². The third-order valence-electron chi connectivity index (χ3n) is 2.03. The summed E-state index contributed by atoms with van der Waals surface area (Å²) in [5, 5.41) is 16.3. The number of hydrogen-bond donors (Lipinski definition) is 3. The van der Waals surface area contributed by atoms with Gasteiger partial charge in [0.2, 0.25) is 0 Å². The predicted octanol–water partition coefficient (Wildman–Crippen LogP) is 2.96. The zero-order valence-electron chi connectivity index (χ0n) is 11.2. The van der Waals surface area contributed by atoms with Gasteiger partial charge >= 0.3 is 0 Å². The van der Waals surface area contributed by atoms with Gasteiger partial charge in [0, 0.05) is 12.1 Å². The number of hydroxylamine groups is 1. The molecule has 3 nitrogen and oxygen atoms in total. The van der Waals surface area contributed by atoms with Crippen molar-refractivity contribution in [2.24, 2.45) is 5.41 Å². The SMILES string of the molecule is CC(C)(C)CCCC(C)(C)NO.CCO. The average molecular weight is 219 g/mol. The molecule has 0 atom stereocenters. The summed E-state index contributed by atoms with van der Waals surface area (Å²) in [7, 11) is 0. The second-order valence-electron chi connectivity index (χ2n) is 5.73. The fourth-order valence-electron chi connectivity index (χ4n) is 1.12. The predicted molar refractivity (Wildman–Crippen MR) is 65.1 cm³/mol. The first-order valence-electron chi connectivity index (χ1n) is 5.70. The summed E-state index contributed by atoms with van der Waals surface area (Å²) in [6.45, 7) is 12.7. The number of aliphatic hydroxyl groups is 1. The first kappa shape index (κ1) is 17.3. The highest BCUT2D eigenvalue weighted by Gasteiger charge is 2.17. The van der Waals surface area contributed by atoms with Gasteiger partial charge in [0.25, 0.3) is 0 Å². The molecule has 0 aliphatic rings. The van der Waals surface area contributed by atoms with Crippen LogP contribution in [-0.4, -0.2) is 22.5 Å². The molecule has 15 heavy (non-hydrogen) atoms. The molecule has 0 saturated heterocycles. The number of nitrogens with one attached hydrogen (secondary N) is 1. The third-order valence-corrected chi connectivity index (χ3v) is 2.03. The largest absolute Gasteiger partial charge is 0.397 e. The summed E-state index contributed by atoms with van der Waals surface area (Å²) in [5.74, 6) is 0. The van der Waals surface area contributed by atoms with Gasteiger partial charge < -0.3 is 10.3 Å². The molecule has 0 aliphatic carbocycles. The average Bonchev–Trinajstić information content (AvgIpc) is 2.03. The fraction of sp³-hybridized carbons (Fsp3) is 1.00. The molecular formula is C12H29NO2. The summed E-state index contributed by atoms with van der Waals surface area (Å²) in [5.41, 5.74) is 2.60. The summed E-state index contributed by atoms with van der Waals surface area (Å²) in [4.78, 5) is 0. The highest BCUT2D eigenvalue weighted by atomic mass is 16.5. The van der Waals surface area contributed by atoms with Crippen LogP contribution in [0, 0.1) is 5.41 Å². The van der Waals surface area contributed by atoms with Crippen LogP contribution in [0.15, 0.2) is 0 Å². The van der Waals surface area contributed by atoms with E-state index in [4.69, 9.17) is 10.3 Å². The molecule has 3 N–H and O–H groups in total. The first-order chi connectivity index (χ1) is 6.68. The normalized spacial score (nSPS) is 12.0. The van der Waals surface area contributed by atoms with Gasteiger partial charge in [-0.05, 0) is 39.0 Å². The van der Waals surface area contributed by atoms with Crippen molar-refractivity contribution in [2.45, 2.75) is 66.3 Å². The van der Waals surface area contributed by atoms with E-state index in [-0.39, 0.29) is 12.1 Å². The molecule has 0 heterocycles. The van der Waals surface area contributed by atoms with Crippen molar-refractivity contribution in [3.8, 4) is 0 Å². The van der Waals surface area contributed by atoms with E-state index in [9.17, 15) is 0 Å². The molecule has 0 aromatic heterocycles. The minimum Gasteiger partial charge on any atom is -0.397 e. The molecular weight excluding hydrogens is 190 g/mol. The van der Waals surface area contributed by atoms with E-state index >= 15 is 0 Å². The topological polar surface area (TPSA) is 52.5 Å². The van der Waals surface area contributed by atoms with E-state index in [0.717, 1.165) is 12.8 Å². The summed E-state index contributed by atoms with van der Waals surface area (Å²) in [6, 6.07) is 0. The Bertz CT molecular complexity index is 139. The van der Waals surface area contributed by atoms with Gasteiger partial charge in [-0.3, -0.25) is 0 Å². The minimum absolute atomic E-state index is 0.134. The van der Waals surface area contributed by atoms with Crippen molar-refractivity contribution < 1.29 is 10.3 Å². The monoisotopic (exact) mass is 219 g/mol. The lowest BCUT2D eigenvalue weighted by Crippen LogP contribution is -2.36. The summed E-state index contributed by atoms with van der Waals surface area (Å²) < 4.78 is 0. The molecule has 0 aromatic carbocycles. The van der Waals surface area contributed by atoms with Crippen molar-refractivity contribution >= 4 is 0 Å². The van der Waals surface area contributed by atoms with Gasteiger partial charge in [0.15, 0.2) is 0 Å². The van der Waals surface area contributed by atoms with E-state index in [2.05, 4.69) is 26.3 Å². The van der Waals surface area contributed by atoms with Crippen molar-refractivity contribution in [2.75, 3.05) is 6.61 Å². The van der Waals surface area contributed by atoms with Crippen molar-refractivity contribution in [3.05, 3.63) is 0 Å².